The molecule has 0 atom stereocenters. The number of carbonyl (C=O) groups excluding carboxylic acids is 2. The quantitative estimate of drug-likeness (QED) is 0.485. The molecule has 0 saturated heterocycles. The summed E-state index contributed by atoms with van der Waals surface area (Å²) in [5.74, 6) is -1.32. The number of hydrogen-bond acceptors (Lipinski definition) is 5. The Kier molecular flexibility index (Phi) is 7.40. The minimum atomic E-state index is -4.15. The van der Waals surface area contributed by atoms with Crippen molar-refractivity contribution in [1.82, 2.24) is 0 Å². The SMILES string of the molecule is CN(C(=O)COC(=O)c1ccccc1NS(=O)(=O)c1cc(Cl)ccc1Cl)c1ccccc1. The lowest BCUT2D eigenvalue weighted by Crippen LogP contribution is -2.31. The van der Waals surface area contributed by atoms with Crippen molar-refractivity contribution in [1.29, 1.82) is 0 Å². The van der Waals surface area contributed by atoms with Gasteiger partial charge in [0, 0.05) is 17.8 Å². The van der Waals surface area contributed by atoms with Crippen LogP contribution in [0.15, 0.2) is 77.7 Å². The Balaban J connectivity index is 1.75. The number of ether oxygens (including phenoxy) is 1. The summed E-state index contributed by atoms with van der Waals surface area (Å²) in [4.78, 5) is 26.1. The van der Waals surface area contributed by atoms with Crippen LogP contribution in [0.3, 0.4) is 0 Å². The lowest BCUT2D eigenvalue weighted by Gasteiger charge is -2.17. The maximum absolute atomic E-state index is 12.8. The number of sulfonamides is 1. The Morgan fingerprint density at radius 2 is 1.62 bits per heavy atom. The van der Waals surface area contributed by atoms with Crippen molar-refractivity contribution in [2.24, 2.45) is 0 Å². The number of esters is 1. The van der Waals surface area contributed by atoms with Crippen molar-refractivity contribution in [2.45, 2.75) is 4.90 Å². The molecule has 3 rings (SSSR count). The van der Waals surface area contributed by atoms with E-state index in [4.69, 9.17) is 27.9 Å². The number of para-hydroxylation sites is 2. The fourth-order valence-electron chi connectivity index (χ4n) is 2.73. The first-order valence-electron chi connectivity index (χ1n) is 9.24. The summed E-state index contributed by atoms with van der Waals surface area (Å²) < 4.78 is 33.0. The van der Waals surface area contributed by atoms with Gasteiger partial charge in [-0.2, -0.15) is 0 Å². The molecule has 0 aromatic heterocycles. The average molecular weight is 493 g/mol. The van der Waals surface area contributed by atoms with Crippen LogP contribution in [0.2, 0.25) is 10.0 Å². The summed E-state index contributed by atoms with van der Waals surface area (Å²) in [7, 11) is -2.59. The number of nitrogens with zero attached hydrogens (tertiary/aromatic N) is 1. The van der Waals surface area contributed by atoms with Gasteiger partial charge in [-0.15, -0.1) is 0 Å². The molecule has 3 aromatic rings. The molecule has 32 heavy (non-hydrogen) atoms. The number of nitrogens with one attached hydrogen (secondary N) is 1. The molecule has 10 heteroatoms. The number of carbonyl (C=O) groups is 2. The lowest BCUT2D eigenvalue weighted by molar-refractivity contribution is -0.121. The molecule has 0 radical (unpaired) electrons. The number of amides is 1. The molecular formula is C22H18Cl2N2O5S. The monoisotopic (exact) mass is 492 g/mol. The van der Waals surface area contributed by atoms with E-state index in [1.165, 1.54) is 35.2 Å². The van der Waals surface area contributed by atoms with Gasteiger partial charge < -0.3 is 9.64 Å². The fourth-order valence-corrected chi connectivity index (χ4v) is 4.57. The summed E-state index contributed by atoms with van der Waals surface area (Å²) in [6.45, 7) is -0.522. The molecule has 0 spiro atoms. The van der Waals surface area contributed by atoms with Crippen molar-refractivity contribution in [2.75, 3.05) is 23.3 Å². The third-order valence-electron chi connectivity index (χ3n) is 4.42. The highest BCUT2D eigenvalue weighted by Crippen LogP contribution is 2.28. The highest BCUT2D eigenvalue weighted by molar-refractivity contribution is 7.92. The van der Waals surface area contributed by atoms with Gasteiger partial charge in [0.05, 0.1) is 16.3 Å². The van der Waals surface area contributed by atoms with E-state index >= 15 is 0 Å². The summed E-state index contributed by atoms with van der Waals surface area (Å²) >= 11 is 11.9. The Hall–Kier alpha value is -3.07. The van der Waals surface area contributed by atoms with E-state index in [-0.39, 0.29) is 26.2 Å². The fraction of sp³-hybridized carbons (Fsp3) is 0.0909. The second-order valence-corrected chi connectivity index (χ2v) is 9.08. The van der Waals surface area contributed by atoms with E-state index in [1.807, 2.05) is 6.07 Å². The number of benzene rings is 3. The summed E-state index contributed by atoms with van der Waals surface area (Å²) in [5, 5.41) is 0.153. The van der Waals surface area contributed by atoms with Gasteiger partial charge >= 0.3 is 5.97 Å². The molecule has 1 amide bonds. The molecule has 0 aliphatic heterocycles. The van der Waals surface area contributed by atoms with Gasteiger partial charge in [0.1, 0.15) is 4.90 Å². The Morgan fingerprint density at radius 3 is 2.34 bits per heavy atom. The van der Waals surface area contributed by atoms with Crippen molar-refractivity contribution in [3.63, 3.8) is 0 Å². The van der Waals surface area contributed by atoms with E-state index in [9.17, 15) is 18.0 Å². The van der Waals surface area contributed by atoms with Gasteiger partial charge in [0.15, 0.2) is 6.61 Å². The van der Waals surface area contributed by atoms with Crippen molar-refractivity contribution in [3.05, 3.63) is 88.4 Å². The lowest BCUT2D eigenvalue weighted by atomic mass is 10.2. The molecule has 0 fully saturated rings. The molecule has 0 saturated carbocycles. The molecule has 0 bridgehead atoms. The van der Waals surface area contributed by atoms with Gasteiger partial charge in [-0.25, -0.2) is 13.2 Å². The van der Waals surface area contributed by atoms with Crippen LogP contribution in [0.5, 0.6) is 0 Å². The summed E-state index contributed by atoms with van der Waals surface area (Å²) in [6.07, 6.45) is 0. The number of halogens is 2. The number of rotatable bonds is 7. The minimum absolute atomic E-state index is 0.0302. The first-order chi connectivity index (χ1) is 15.2. The van der Waals surface area contributed by atoms with Gasteiger partial charge in [0.25, 0.3) is 15.9 Å². The van der Waals surface area contributed by atoms with Crippen LogP contribution in [0.25, 0.3) is 0 Å². The first-order valence-corrected chi connectivity index (χ1v) is 11.5. The Morgan fingerprint density at radius 1 is 0.969 bits per heavy atom. The molecule has 7 nitrogen and oxygen atoms in total. The van der Waals surface area contributed by atoms with Crippen LogP contribution in [-0.4, -0.2) is 33.9 Å². The van der Waals surface area contributed by atoms with Crippen molar-refractivity contribution in [3.8, 4) is 0 Å². The first kappa shape index (κ1) is 23.6. The number of likely N-dealkylation sites (N-methyl/N-ethyl adjacent to an activating group) is 1. The van der Waals surface area contributed by atoms with Crippen LogP contribution in [0.1, 0.15) is 10.4 Å². The summed E-state index contributed by atoms with van der Waals surface area (Å²) in [5.41, 5.74) is 0.543. The van der Waals surface area contributed by atoms with Crippen LogP contribution in [-0.2, 0) is 19.6 Å². The molecule has 0 aliphatic carbocycles. The zero-order valence-electron chi connectivity index (χ0n) is 16.8. The number of hydrogen-bond donors (Lipinski definition) is 1. The number of anilines is 2. The molecule has 166 valence electrons. The van der Waals surface area contributed by atoms with Crippen LogP contribution < -0.4 is 9.62 Å². The third kappa shape index (κ3) is 5.59. The van der Waals surface area contributed by atoms with Crippen LogP contribution >= 0.6 is 23.2 Å². The maximum Gasteiger partial charge on any atom is 0.340 e. The van der Waals surface area contributed by atoms with E-state index in [1.54, 1.807) is 43.4 Å². The molecular weight excluding hydrogens is 475 g/mol. The highest BCUT2D eigenvalue weighted by atomic mass is 35.5. The van der Waals surface area contributed by atoms with E-state index in [0.717, 1.165) is 0 Å². The molecule has 3 aromatic carbocycles. The normalized spacial score (nSPS) is 11.0. The standard InChI is InChI=1S/C22H18Cl2N2O5S/c1-26(16-7-3-2-4-8-16)21(27)14-31-22(28)17-9-5-6-10-19(17)25-32(29,30)20-13-15(23)11-12-18(20)24/h2-13,25H,14H2,1H3. The van der Waals surface area contributed by atoms with Gasteiger partial charge in [-0.3, -0.25) is 9.52 Å². The van der Waals surface area contributed by atoms with Crippen molar-refractivity contribution >= 4 is 56.5 Å². The van der Waals surface area contributed by atoms with Gasteiger partial charge in [-0.05, 0) is 42.5 Å². The summed E-state index contributed by atoms with van der Waals surface area (Å²) in [6, 6.07) is 18.7. The maximum atomic E-state index is 12.8. The average Bonchev–Trinajstić information content (AvgIpc) is 2.79. The van der Waals surface area contributed by atoms with E-state index in [2.05, 4.69) is 4.72 Å². The zero-order valence-corrected chi connectivity index (χ0v) is 19.1. The van der Waals surface area contributed by atoms with Crippen LogP contribution in [0.4, 0.5) is 11.4 Å². The smallest absolute Gasteiger partial charge is 0.340 e. The molecule has 1 N–H and O–H groups in total. The zero-order chi connectivity index (χ0) is 23.3. The van der Waals surface area contributed by atoms with Crippen LogP contribution in [0, 0.1) is 0 Å². The predicted octanol–water partition coefficient (Wildman–Crippen LogP) is 4.61. The molecule has 0 unspecified atom stereocenters. The predicted molar refractivity (Wildman–Crippen MR) is 124 cm³/mol. The second kappa shape index (κ2) is 10.0. The molecule has 0 heterocycles. The van der Waals surface area contributed by atoms with Gasteiger partial charge in [0.2, 0.25) is 0 Å². The van der Waals surface area contributed by atoms with Gasteiger partial charge in [-0.1, -0.05) is 53.5 Å². The van der Waals surface area contributed by atoms with E-state index < -0.39 is 28.5 Å². The minimum Gasteiger partial charge on any atom is -0.452 e. The largest absolute Gasteiger partial charge is 0.452 e. The second-order valence-electron chi connectivity index (χ2n) is 6.59. The topological polar surface area (TPSA) is 92.8 Å². The van der Waals surface area contributed by atoms with E-state index in [0.29, 0.717) is 5.69 Å². The Bertz CT molecular complexity index is 1250. The molecule has 0 aliphatic rings. The third-order valence-corrected chi connectivity index (χ3v) is 6.50. The van der Waals surface area contributed by atoms with Crippen molar-refractivity contribution < 1.29 is 22.7 Å². The highest BCUT2D eigenvalue weighted by Gasteiger charge is 2.23. The Labute approximate surface area is 195 Å².